The van der Waals surface area contributed by atoms with Crippen molar-refractivity contribution in [2.45, 2.75) is 62.7 Å². The van der Waals surface area contributed by atoms with Crippen LogP contribution in [0, 0.1) is 17.8 Å². The lowest BCUT2D eigenvalue weighted by molar-refractivity contribution is -0.252. The van der Waals surface area contributed by atoms with Crippen LogP contribution in [0.15, 0.2) is 60.3 Å². The lowest BCUT2D eigenvalue weighted by Gasteiger charge is -2.58. The first-order chi connectivity index (χ1) is 23.8. The van der Waals surface area contributed by atoms with Gasteiger partial charge in [-0.25, -0.2) is 14.3 Å². The Kier molecular flexibility index (Phi) is 11.5. The van der Waals surface area contributed by atoms with Gasteiger partial charge < -0.3 is 39.5 Å². The van der Waals surface area contributed by atoms with Crippen LogP contribution in [0.25, 0.3) is 0 Å². The van der Waals surface area contributed by atoms with E-state index in [2.05, 4.69) is 34.7 Å². The molecule has 5 rings (SSSR count). The Morgan fingerprint density at radius 2 is 1.82 bits per heavy atom. The Labute approximate surface area is 284 Å². The molecular formula is C35H44N4O10. The standard InChI is InChI=1S/C35H44N4O10/c1-4-16-47-22-12-13-27-25(19-22)29-23(11-7-9-15-41)21(10-6-8-14-40)18-24-26(37-46-3)20-28(35(49-27,30(24)29)48-17-5-2)39-32(34(44)45)31(33(42)43)36-38-39/h4-5,12-13,18-19,21,23,28-30,40-41H,1-2,6-11,14-17,20H2,3H3,(H,42,43)(H,44,45)/t21-,23+,28-,29+,30+,35+/m0/s1. The fourth-order valence-electron chi connectivity index (χ4n) is 7.79. The summed E-state index contributed by atoms with van der Waals surface area (Å²) in [5.41, 5.74) is 0.829. The first-order valence-corrected chi connectivity index (χ1v) is 16.5. The molecule has 0 unspecified atom stereocenters. The van der Waals surface area contributed by atoms with Gasteiger partial charge in [0.2, 0.25) is 11.5 Å². The zero-order valence-electron chi connectivity index (χ0n) is 27.6. The molecular weight excluding hydrogens is 636 g/mol. The normalized spacial score (nSPS) is 26.1. The number of benzene rings is 1. The number of aromatic nitrogens is 3. The van der Waals surface area contributed by atoms with E-state index in [1.165, 1.54) is 7.11 Å². The van der Waals surface area contributed by atoms with Gasteiger partial charge in [0, 0.05) is 31.1 Å². The van der Waals surface area contributed by atoms with Crippen molar-refractivity contribution >= 4 is 17.7 Å². The number of ether oxygens (including phenoxy) is 3. The van der Waals surface area contributed by atoms with Gasteiger partial charge in [-0.3, -0.25) is 0 Å². The van der Waals surface area contributed by atoms with Gasteiger partial charge in [-0.15, -0.1) is 11.7 Å². The molecule has 264 valence electrons. The monoisotopic (exact) mass is 680 g/mol. The van der Waals surface area contributed by atoms with Gasteiger partial charge in [-0.05, 0) is 61.3 Å². The first kappa shape index (κ1) is 35.8. The molecule has 1 aromatic carbocycles. The van der Waals surface area contributed by atoms with Gasteiger partial charge in [0.1, 0.15) is 31.3 Å². The van der Waals surface area contributed by atoms with Crippen LogP contribution in [-0.4, -0.2) is 92.4 Å². The molecule has 1 aromatic heterocycles. The third kappa shape index (κ3) is 6.85. The van der Waals surface area contributed by atoms with Crippen LogP contribution < -0.4 is 9.47 Å². The maximum atomic E-state index is 12.6. The highest BCUT2D eigenvalue weighted by Crippen LogP contribution is 2.63. The Morgan fingerprint density at radius 1 is 1.08 bits per heavy atom. The highest BCUT2D eigenvalue weighted by Gasteiger charge is 2.65. The summed E-state index contributed by atoms with van der Waals surface area (Å²) in [7, 11) is 1.42. The molecule has 1 saturated carbocycles. The van der Waals surface area contributed by atoms with E-state index < -0.39 is 41.1 Å². The van der Waals surface area contributed by atoms with Crippen molar-refractivity contribution in [3.05, 3.63) is 72.1 Å². The SMILES string of the molecule is C=CCOc1ccc2c(c1)[C@H]1[C@H](CCCCO)[C@@H](CCCCO)C=C3C(=NOC)C[C@H](n4nnc(C(=O)O)c4C(=O)O)[C@@](OCC=C)(O2)[C@H]31. The van der Waals surface area contributed by atoms with Gasteiger partial charge >= 0.3 is 11.9 Å². The van der Waals surface area contributed by atoms with E-state index in [0.717, 1.165) is 41.5 Å². The second-order valence-electron chi connectivity index (χ2n) is 12.4. The second-order valence-corrected chi connectivity index (χ2v) is 12.4. The number of carboxylic acids is 2. The van der Waals surface area contributed by atoms with Crippen molar-refractivity contribution in [1.29, 1.82) is 0 Å². The number of aliphatic hydroxyl groups is 2. The highest BCUT2D eigenvalue weighted by atomic mass is 16.7. The van der Waals surface area contributed by atoms with Crippen molar-refractivity contribution in [3.63, 3.8) is 0 Å². The number of nitrogens with zero attached hydrogens (tertiary/aromatic N) is 4. The van der Waals surface area contributed by atoms with E-state index in [1.54, 1.807) is 24.3 Å². The Hall–Kier alpha value is -4.53. The summed E-state index contributed by atoms with van der Waals surface area (Å²) in [5, 5.41) is 51.7. The summed E-state index contributed by atoms with van der Waals surface area (Å²) in [5.74, 6) is -4.52. The average molecular weight is 681 g/mol. The molecule has 0 radical (unpaired) electrons. The minimum Gasteiger partial charge on any atom is -0.490 e. The molecule has 14 nitrogen and oxygen atoms in total. The fraction of sp³-hybridized carbons (Fsp3) is 0.514. The van der Waals surface area contributed by atoms with E-state index in [-0.39, 0.29) is 50.6 Å². The van der Waals surface area contributed by atoms with E-state index in [1.807, 2.05) is 6.07 Å². The predicted molar refractivity (Wildman–Crippen MR) is 177 cm³/mol. The third-order valence-electron chi connectivity index (χ3n) is 9.61. The maximum Gasteiger partial charge on any atom is 0.359 e. The van der Waals surface area contributed by atoms with Gasteiger partial charge in [0.25, 0.3) is 0 Å². The summed E-state index contributed by atoms with van der Waals surface area (Å²) in [6.45, 7) is 8.04. The Bertz CT molecular complexity index is 1600. The molecule has 0 saturated heterocycles. The highest BCUT2D eigenvalue weighted by molar-refractivity contribution is 6.03. The maximum absolute atomic E-state index is 12.6. The second kappa shape index (κ2) is 15.8. The molecule has 0 amide bonds. The van der Waals surface area contributed by atoms with Crippen molar-refractivity contribution in [2.75, 3.05) is 33.5 Å². The van der Waals surface area contributed by atoms with Crippen LogP contribution >= 0.6 is 0 Å². The van der Waals surface area contributed by atoms with Crippen molar-refractivity contribution in [1.82, 2.24) is 15.0 Å². The summed E-state index contributed by atoms with van der Waals surface area (Å²) in [4.78, 5) is 30.1. The number of fused-ring (bicyclic) bond motifs is 2. The number of aliphatic hydroxyl groups excluding tert-OH is 2. The minimum absolute atomic E-state index is 0.0110. The number of rotatable bonds is 18. The van der Waals surface area contributed by atoms with Crippen molar-refractivity contribution in [3.8, 4) is 11.5 Å². The molecule has 2 heterocycles. The number of allylic oxidation sites excluding steroid dienone is 1. The Morgan fingerprint density at radius 3 is 2.47 bits per heavy atom. The van der Waals surface area contributed by atoms with Gasteiger partial charge in [-0.2, -0.15) is 0 Å². The van der Waals surface area contributed by atoms with Crippen LogP contribution in [0.4, 0.5) is 0 Å². The molecule has 49 heavy (non-hydrogen) atoms. The molecule has 3 aliphatic rings. The van der Waals surface area contributed by atoms with Gasteiger partial charge in [0.15, 0.2) is 5.69 Å². The van der Waals surface area contributed by atoms with Crippen LogP contribution in [-0.2, 0) is 9.57 Å². The fourth-order valence-corrected chi connectivity index (χ4v) is 7.79. The molecule has 2 aliphatic carbocycles. The molecule has 0 spiro atoms. The molecule has 6 atom stereocenters. The summed E-state index contributed by atoms with van der Waals surface area (Å²) in [6.07, 6.45) is 9.68. The van der Waals surface area contributed by atoms with E-state index >= 15 is 0 Å². The van der Waals surface area contributed by atoms with Crippen molar-refractivity contribution < 1.29 is 49.1 Å². The smallest absolute Gasteiger partial charge is 0.359 e. The summed E-state index contributed by atoms with van der Waals surface area (Å²) < 4.78 is 20.7. The number of hydrogen-bond acceptors (Lipinski definition) is 11. The summed E-state index contributed by atoms with van der Waals surface area (Å²) in [6, 6.07) is 4.46. The molecule has 2 aromatic rings. The molecule has 1 aliphatic heterocycles. The van der Waals surface area contributed by atoms with E-state index in [4.69, 9.17) is 19.0 Å². The largest absolute Gasteiger partial charge is 0.490 e. The number of carboxylic acid groups (broad SMARTS) is 2. The quantitative estimate of drug-likeness (QED) is 0.0988. The number of unbranched alkanes of at least 4 members (excludes halogenated alkanes) is 2. The van der Waals surface area contributed by atoms with Crippen LogP contribution in [0.5, 0.6) is 11.5 Å². The number of carbonyl (C=O) groups is 2. The zero-order valence-corrected chi connectivity index (χ0v) is 27.6. The number of hydrogen-bond donors (Lipinski definition) is 4. The number of aromatic carboxylic acids is 2. The van der Waals surface area contributed by atoms with Crippen LogP contribution in [0.1, 0.15) is 83.4 Å². The molecule has 1 fully saturated rings. The zero-order chi connectivity index (χ0) is 35.1. The third-order valence-corrected chi connectivity index (χ3v) is 9.61. The minimum atomic E-state index is -1.63. The van der Waals surface area contributed by atoms with Gasteiger partial charge in [-0.1, -0.05) is 48.0 Å². The Balaban J connectivity index is 1.82. The molecule has 14 heteroatoms. The topological polar surface area (TPSA) is 195 Å². The molecule has 0 bridgehead atoms. The van der Waals surface area contributed by atoms with E-state index in [9.17, 15) is 30.0 Å². The predicted octanol–water partition coefficient (Wildman–Crippen LogP) is 4.38. The van der Waals surface area contributed by atoms with E-state index in [0.29, 0.717) is 30.1 Å². The van der Waals surface area contributed by atoms with Gasteiger partial charge in [0.05, 0.1) is 18.2 Å². The van der Waals surface area contributed by atoms with Crippen molar-refractivity contribution in [2.24, 2.45) is 22.9 Å². The average Bonchev–Trinajstić information content (AvgIpc) is 3.54. The van der Waals surface area contributed by atoms with Crippen LogP contribution in [0.2, 0.25) is 0 Å². The van der Waals surface area contributed by atoms with Crippen LogP contribution in [0.3, 0.4) is 0 Å². The summed E-state index contributed by atoms with van der Waals surface area (Å²) >= 11 is 0. The molecule has 4 N–H and O–H groups in total. The number of oxime groups is 1. The lowest BCUT2D eigenvalue weighted by Crippen LogP contribution is -2.63. The lowest BCUT2D eigenvalue weighted by atomic mass is 9.55. The first-order valence-electron chi connectivity index (χ1n) is 16.5.